The molecule has 0 saturated heterocycles. The molecule has 0 spiro atoms. The third-order valence-electron chi connectivity index (χ3n) is 6.97. The molecular formula is C28H33N3O4. The number of carbonyl (C=O) groups excluding carboxylic acids is 3. The van der Waals surface area contributed by atoms with Gasteiger partial charge in [-0.25, -0.2) is 4.79 Å². The van der Waals surface area contributed by atoms with Crippen molar-refractivity contribution in [2.24, 2.45) is 5.92 Å². The van der Waals surface area contributed by atoms with E-state index in [1.165, 1.54) is 0 Å². The van der Waals surface area contributed by atoms with Crippen LogP contribution in [0.4, 0.5) is 4.79 Å². The minimum Gasteiger partial charge on any atom is -0.444 e. The smallest absolute Gasteiger partial charge is 0.408 e. The molecule has 1 unspecified atom stereocenters. The number of rotatable bonds is 4. The maximum atomic E-state index is 13.8. The predicted molar refractivity (Wildman–Crippen MR) is 132 cm³/mol. The van der Waals surface area contributed by atoms with Gasteiger partial charge in [-0.3, -0.25) is 9.59 Å². The van der Waals surface area contributed by atoms with E-state index in [4.69, 9.17) is 4.74 Å². The standard InChI is InChI=1S/C28H33N3O4/c1-28(2,3)35-27(34)30-23-20-10-6-5-9-19(20)16-22(23)29-25(32)24-21-11-7-4-8-17(21)14-15-31(24)26(33)18-12-13-18/h4-11,18,22-24H,12-16H2,1-3H3,(H,29,32)(H,30,34)/t22-,23-,24?/m0/s1. The second-order valence-electron chi connectivity index (χ2n) is 10.8. The Morgan fingerprint density at radius 2 is 1.57 bits per heavy atom. The summed E-state index contributed by atoms with van der Waals surface area (Å²) in [6.07, 6.45) is 2.60. The largest absolute Gasteiger partial charge is 0.444 e. The van der Waals surface area contributed by atoms with Crippen molar-refractivity contribution < 1.29 is 19.1 Å². The summed E-state index contributed by atoms with van der Waals surface area (Å²) >= 11 is 0. The number of nitrogens with zero attached hydrogens (tertiary/aromatic N) is 1. The number of ether oxygens (including phenoxy) is 1. The van der Waals surface area contributed by atoms with Crippen molar-refractivity contribution in [2.75, 3.05) is 6.54 Å². The van der Waals surface area contributed by atoms with Crippen molar-refractivity contribution in [3.05, 3.63) is 70.8 Å². The number of benzene rings is 2. The van der Waals surface area contributed by atoms with Crippen LogP contribution >= 0.6 is 0 Å². The summed E-state index contributed by atoms with van der Waals surface area (Å²) in [4.78, 5) is 41.4. The van der Waals surface area contributed by atoms with Crippen LogP contribution in [-0.2, 0) is 27.2 Å². The third kappa shape index (κ3) is 4.90. The van der Waals surface area contributed by atoms with E-state index in [9.17, 15) is 14.4 Å². The monoisotopic (exact) mass is 475 g/mol. The summed E-state index contributed by atoms with van der Waals surface area (Å²) in [6, 6.07) is 14.3. The number of nitrogens with one attached hydrogen (secondary N) is 2. The molecule has 0 bridgehead atoms. The second kappa shape index (κ2) is 9.02. The number of hydrogen-bond donors (Lipinski definition) is 2. The highest BCUT2D eigenvalue weighted by atomic mass is 16.6. The van der Waals surface area contributed by atoms with Gasteiger partial charge in [-0.15, -0.1) is 0 Å². The van der Waals surface area contributed by atoms with E-state index in [-0.39, 0.29) is 23.8 Å². The molecule has 184 valence electrons. The van der Waals surface area contributed by atoms with Crippen LogP contribution in [0.5, 0.6) is 0 Å². The van der Waals surface area contributed by atoms with Crippen LogP contribution in [0.1, 0.15) is 68.0 Å². The average Bonchev–Trinajstić information content (AvgIpc) is 3.61. The molecule has 1 fully saturated rings. The maximum absolute atomic E-state index is 13.8. The van der Waals surface area contributed by atoms with Gasteiger partial charge in [-0.1, -0.05) is 48.5 Å². The Morgan fingerprint density at radius 1 is 0.914 bits per heavy atom. The zero-order valence-corrected chi connectivity index (χ0v) is 20.5. The molecule has 2 N–H and O–H groups in total. The van der Waals surface area contributed by atoms with E-state index in [0.29, 0.717) is 13.0 Å². The zero-order chi connectivity index (χ0) is 24.7. The maximum Gasteiger partial charge on any atom is 0.408 e. The minimum atomic E-state index is -0.668. The summed E-state index contributed by atoms with van der Waals surface area (Å²) < 4.78 is 5.50. The van der Waals surface area contributed by atoms with Gasteiger partial charge >= 0.3 is 6.09 Å². The Hall–Kier alpha value is -3.35. The summed E-state index contributed by atoms with van der Waals surface area (Å²) in [6.45, 7) is 6.00. The molecule has 7 nitrogen and oxygen atoms in total. The minimum absolute atomic E-state index is 0.0351. The van der Waals surface area contributed by atoms with E-state index in [2.05, 4.69) is 10.6 Å². The highest BCUT2D eigenvalue weighted by molar-refractivity contribution is 5.91. The molecule has 3 atom stereocenters. The molecule has 2 aliphatic carbocycles. The Kier molecular flexibility index (Phi) is 6.03. The Labute approximate surface area is 206 Å². The van der Waals surface area contributed by atoms with Crippen LogP contribution in [0, 0.1) is 5.92 Å². The predicted octanol–water partition coefficient (Wildman–Crippen LogP) is 3.83. The molecule has 2 aromatic rings. The Balaban J connectivity index is 1.40. The van der Waals surface area contributed by atoms with Gasteiger partial charge in [-0.05, 0) is 68.7 Å². The number of alkyl carbamates (subject to hydrolysis) is 1. The molecule has 0 aromatic heterocycles. The first-order chi connectivity index (χ1) is 16.7. The first-order valence-corrected chi connectivity index (χ1v) is 12.5. The molecule has 2 aromatic carbocycles. The van der Waals surface area contributed by atoms with Gasteiger partial charge in [0, 0.05) is 12.5 Å². The first-order valence-electron chi connectivity index (χ1n) is 12.5. The highest BCUT2D eigenvalue weighted by Crippen LogP contribution is 2.38. The van der Waals surface area contributed by atoms with E-state index in [1.54, 1.807) is 4.90 Å². The Bertz CT molecular complexity index is 1150. The number of fused-ring (bicyclic) bond motifs is 2. The molecular weight excluding hydrogens is 442 g/mol. The summed E-state index contributed by atoms with van der Waals surface area (Å²) in [5.74, 6) is -0.106. The van der Waals surface area contributed by atoms with Crippen molar-refractivity contribution in [1.29, 1.82) is 0 Å². The number of carbonyl (C=O) groups is 3. The molecule has 3 amide bonds. The fraction of sp³-hybridized carbons (Fsp3) is 0.464. The molecule has 35 heavy (non-hydrogen) atoms. The van der Waals surface area contributed by atoms with Crippen molar-refractivity contribution in [3.8, 4) is 0 Å². The zero-order valence-electron chi connectivity index (χ0n) is 20.5. The number of hydrogen-bond acceptors (Lipinski definition) is 4. The van der Waals surface area contributed by atoms with Gasteiger partial charge in [0.2, 0.25) is 11.8 Å². The van der Waals surface area contributed by atoms with Gasteiger partial charge < -0.3 is 20.3 Å². The molecule has 1 aliphatic heterocycles. The van der Waals surface area contributed by atoms with Crippen LogP contribution in [0.3, 0.4) is 0 Å². The normalized spacial score (nSPS) is 23.2. The SMILES string of the molecule is CC(C)(C)OC(=O)N[C@H]1c2ccccc2C[C@@H]1NC(=O)C1c2ccccc2CCN1C(=O)C1CC1. The van der Waals surface area contributed by atoms with E-state index in [1.807, 2.05) is 69.3 Å². The van der Waals surface area contributed by atoms with Crippen LogP contribution in [0.2, 0.25) is 0 Å². The lowest BCUT2D eigenvalue weighted by Crippen LogP contribution is -2.52. The second-order valence-corrected chi connectivity index (χ2v) is 10.8. The van der Waals surface area contributed by atoms with E-state index < -0.39 is 23.8 Å². The van der Waals surface area contributed by atoms with Crippen LogP contribution in [0.25, 0.3) is 0 Å². The molecule has 1 saturated carbocycles. The summed E-state index contributed by atoms with van der Waals surface area (Å²) in [7, 11) is 0. The topological polar surface area (TPSA) is 87.7 Å². The lowest BCUT2D eigenvalue weighted by molar-refractivity contribution is -0.142. The molecule has 5 rings (SSSR count). The molecule has 1 heterocycles. The van der Waals surface area contributed by atoms with Gasteiger partial charge in [0.25, 0.3) is 0 Å². The quantitative estimate of drug-likeness (QED) is 0.704. The van der Waals surface area contributed by atoms with Crippen LogP contribution in [0.15, 0.2) is 48.5 Å². The van der Waals surface area contributed by atoms with Gasteiger partial charge in [0.1, 0.15) is 11.6 Å². The van der Waals surface area contributed by atoms with Crippen molar-refractivity contribution in [3.63, 3.8) is 0 Å². The number of amides is 3. The average molecular weight is 476 g/mol. The van der Waals surface area contributed by atoms with Crippen molar-refractivity contribution in [1.82, 2.24) is 15.5 Å². The van der Waals surface area contributed by atoms with Gasteiger partial charge in [0.15, 0.2) is 0 Å². The molecule has 7 heteroatoms. The highest BCUT2D eigenvalue weighted by Gasteiger charge is 2.43. The summed E-state index contributed by atoms with van der Waals surface area (Å²) in [5, 5.41) is 6.17. The first kappa shape index (κ1) is 23.4. The van der Waals surface area contributed by atoms with Crippen LogP contribution < -0.4 is 10.6 Å². The lowest BCUT2D eigenvalue weighted by atomic mass is 9.91. The van der Waals surface area contributed by atoms with E-state index in [0.717, 1.165) is 41.5 Å². The Morgan fingerprint density at radius 3 is 2.26 bits per heavy atom. The van der Waals surface area contributed by atoms with Gasteiger partial charge in [0.05, 0.1) is 12.1 Å². The fourth-order valence-corrected chi connectivity index (χ4v) is 5.26. The molecule has 0 radical (unpaired) electrons. The van der Waals surface area contributed by atoms with Crippen molar-refractivity contribution in [2.45, 2.75) is 70.2 Å². The van der Waals surface area contributed by atoms with Gasteiger partial charge in [-0.2, -0.15) is 0 Å². The lowest BCUT2D eigenvalue weighted by Gasteiger charge is -2.37. The van der Waals surface area contributed by atoms with Crippen LogP contribution in [-0.4, -0.2) is 41.0 Å². The third-order valence-corrected chi connectivity index (χ3v) is 6.97. The summed E-state index contributed by atoms with van der Waals surface area (Å²) in [5.41, 5.74) is 3.41. The van der Waals surface area contributed by atoms with E-state index >= 15 is 0 Å². The molecule has 3 aliphatic rings. The van der Waals surface area contributed by atoms with Crippen molar-refractivity contribution >= 4 is 17.9 Å². The fourth-order valence-electron chi connectivity index (χ4n) is 5.26.